The lowest BCUT2D eigenvalue weighted by Gasteiger charge is -2.08. The number of ketones is 3. The first-order chi connectivity index (χ1) is 17.6. The molecule has 1 rings (SSSR count). The zero-order valence-electron chi connectivity index (χ0n) is 25.4. The van der Waals surface area contributed by atoms with Crippen LogP contribution in [-0.4, -0.2) is 88.2 Å². The van der Waals surface area contributed by atoms with Gasteiger partial charge in [-0.1, -0.05) is 0 Å². The number of nitrogens with one attached hydrogen (secondary N) is 4. The number of halogens is 1. The Balaban J connectivity index is -0.000000131. The van der Waals surface area contributed by atoms with E-state index in [0.717, 1.165) is 0 Å². The van der Waals surface area contributed by atoms with Crippen LogP contribution in [-0.2, 0) is 29.2 Å². The van der Waals surface area contributed by atoms with Gasteiger partial charge >= 0.3 is 0 Å². The molecule has 3 atom stereocenters. The summed E-state index contributed by atoms with van der Waals surface area (Å²) < 4.78 is 32.1. The second-order valence-corrected chi connectivity index (χ2v) is 9.74. The van der Waals surface area contributed by atoms with Gasteiger partial charge in [0.1, 0.15) is 29.8 Å². The highest BCUT2D eigenvalue weighted by Crippen LogP contribution is 2.03. The summed E-state index contributed by atoms with van der Waals surface area (Å²) in [6, 6.07) is -0.531. The molecule has 0 amide bonds. The molecule has 0 radical (unpaired) electrons. The van der Waals surface area contributed by atoms with E-state index in [1.165, 1.54) is 13.8 Å². The van der Waals surface area contributed by atoms with E-state index in [-0.39, 0.29) is 53.8 Å². The van der Waals surface area contributed by atoms with E-state index in [0.29, 0.717) is 30.9 Å². The van der Waals surface area contributed by atoms with Crippen LogP contribution in [0.1, 0.15) is 74.2 Å². The van der Waals surface area contributed by atoms with Crippen molar-refractivity contribution in [3.8, 4) is 0 Å². The Morgan fingerprint density at radius 2 is 1.48 bits per heavy atom. The molecule has 7 N–H and O–H groups in total. The molecule has 0 saturated heterocycles. The molecule has 15 nitrogen and oxygen atoms in total. The van der Waals surface area contributed by atoms with E-state index in [1.54, 1.807) is 59.5 Å². The summed E-state index contributed by atoms with van der Waals surface area (Å²) in [6.45, 7) is 18.0. The van der Waals surface area contributed by atoms with Crippen LogP contribution in [0.4, 0.5) is 0 Å². The summed E-state index contributed by atoms with van der Waals surface area (Å²) in [5.41, 5.74) is 2.86. The molecule has 0 spiro atoms. The maximum atomic E-state index is 10.9. The first-order valence-corrected chi connectivity index (χ1v) is 13.7. The summed E-state index contributed by atoms with van der Waals surface area (Å²) in [4.78, 5) is 35.6. The quantitative estimate of drug-likeness (QED) is 0.0763. The molecule has 0 unspecified atom stereocenters. The number of aromatic nitrogens is 3. The molecule has 0 fully saturated rings. The van der Waals surface area contributed by atoms with E-state index < -0.39 is 10.1 Å². The van der Waals surface area contributed by atoms with Crippen molar-refractivity contribution < 1.29 is 32.1 Å². The molecule has 0 aliphatic carbocycles. The number of Topliss-reactive ketones (excluding diaryl/α,β-unsaturated/α-hetero) is 3. The molecule has 0 aliphatic heterocycles. The highest BCUT2D eigenvalue weighted by molar-refractivity contribution is 7.85. The average molecular weight is 617 g/mol. The first-order valence-electron chi connectivity index (χ1n) is 11.8. The summed E-state index contributed by atoms with van der Waals surface area (Å²) in [5, 5.41) is 20.7. The molecule has 0 saturated carbocycles. The second kappa shape index (κ2) is 26.6. The molecule has 0 aromatic carbocycles. The molecular weight excluding hydrogens is 568 g/mol. The summed E-state index contributed by atoms with van der Waals surface area (Å²) >= 11 is 0. The topological polar surface area (TPSA) is 243 Å². The number of hydrazine groups is 1. The smallest absolute Gasteiger partial charge is 0.261 e. The van der Waals surface area contributed by atoms with Crippen molar-refractivity contribution in [1.82, 2.24) is 25.5 Å². The highest BCUT2D eigenvalue weighted by atomic mass is 35.5. The maximum Gasteiger partial charge on any atom is 0.261 e. The van der Waals surface area contributed by atoms with Crippen LogP contribution in [0.15, 0.2) is 6.33 Å². The number of ether oxygens (including phenoxy) is 1. The molecule has 17 heteroatoms. The number of carbonyl (C=O) groups excluding carboxylic acids is 3. The van der Waals surface area contributed by atoms with Gasteiger partial charge in [-0.25, -0.2) is 9.67 Å². The molecule has 40 heavy (non-hydrogen) atoms. The predicted molar refractivity (Wildman–Crippen MR) is 159 cm³/mol. The van der Waals surface area contributed by atoms with Crippen molar-refractivity contribution in [1.29, 1.82) is 10.8 Å². The fourth-order valence-electron chi connectivity index (χ4n) is 1.52. The maximum absolute atomic E-state index is 10.9. The van der Waals surface area contributed by atoms with E-state index >= 15 is 0 Å². The summed E-state index contributed by atoms with van der Waals surface area (Å²) in [5.74, 6) is 6.15. The van der Waals surface area contributed by atoms with Gasteiger partial charge in [0, 0.05) is 19.2 Å². The van der Waals surface area contributed by atoms with E-state index in [1.807, 2.05) is 6.92 Å². The minimum atomic E-state index is -3.67. The number of rotatable bonds is 9. The Bertz CT molecular complexity index is 980. The lowest BCUT2D eigenvalue weighted by atomic mass is 10.2. The van der Waals surface area contributed by atoms with E-state index in [4.69, 9.17) is 21.2 Å². The zero-order chi connectivity index (χ0) is 31.9. The van der Waals surface area contributed by atoms with Crippen LogP contribution in [0.2, 0.25) is 0 Å². The number of hydrogen-bond acceptors (Lipinski definition) is 13. The Hall–Kier alpha value is -2.63. The number of carbonyl (C=O) groups is 3. The van der Waals surface area contributed by atoms with Gasteiger partial charge in [0.15, 0.2) is 11.7 Å². The van der Waals surface area contributed by atoms with Crippen molar-refractivity contribution in [3.63, 3.8) is 0 Å². The van der Waals surface area contributed by atoms with Crippen molar-refractivity contribution in [3.05, 3.63) is 12.2 Å². The summed E-state index contributed by atoms with van der Waals surface area (Å²) in [7, 11) is -3.67. The van der Waals surface area contributed by atoms with Crippen molar-refractivity contribution in [2.75, 3.05) is 19.4 Å². The van der Waals surface area contributed by atoms with Gasteiger partial charge in [0.2, 0.25) is 0 Å². The van der Waals surface area contributed by atoms with Crippen LogP contribution in [0.25, 0.3) is 0 Å². The minimum absolute atomic E-state index is 0. The third-order valence-electron chi connectivity index (χ3n) is 4.11. The van der Waals surface area contributed by atoms with Gasteiger partial charge < -0.3 is 15.5 Å². The molecular formula is C23H49ClN8O7S. The van der Waals surface area contributed by atoms with Crippen molar-refractivity contribution in [2.45, 2.75) is 87.4 Å². The van der Waals surface area contributed by atoms with Gasteiger partial charge in [0.05, 0.1) is 24.9 Å². The fraction of sp³-hybridized carbons (Fsp3) is 0.696. The molecule has 1 aromatic heterocycles. The molecule has 1 aromatic rings. The molecule has 0 aliphatic rings. The van der Waals surface area contributed by atoms with Crippen molar-refractivity contribution >= 4 is 51.5 Å². The lowest BCUT2D eigenvalue weighted by Crippen LogP contribution is -2.37. The monoisotopic (exact) mass is 616 g/mol. The Labute approximate surface area is 244 Å². The standard InChI is InChI=1S/C7H11N3O.C7H14N2O.C4H10N2O.C4H9NO.CH4O3S.ClH/c1-5(6(2)11)10-4-8-7(3)9-10;1-5(8)4-9-6(2)7(3)10;1-3(6-5)4(2)7;1-3-6-4(2)5;1-5(2,3)4;/h4-5H,1-3H3;6,8-9H,4H2,1-3H3;3,6H,5H2,1-2H3;5H,3H2,1-2H3;1H3,(H,2,3,4);1H/t5-;6-;3-;;;/m000.../s1. The molecule has 236 valence electrons. The van der Waals surface area contributed by atoms with Crippen LogP contribution < -0.4 is 16.6 Å². The second-order valence-electron chi connectivity index (χ2n) is 8.27. The van der Waals surface area contributed by atoms with Crippen molar-refractivity contribution in [2.24, 2.45) is 5.84 Å². The fourth-order valence-corrected chi connectivity index (χ4v) is 1.52. The lowest BCUT2D eigenvalue weighted by molar-refractivity contribution is -0.120. The Kier molecular flexibility index (Phi) is 31.4. The predicted octanol–water partition coefficient (Wildman–Crippen LogP) is 1.70. The van der Waals surface area contributed by atoms with Gasteiger partial charge in [-0.05, 0) is 62.3 Å². The van der Waals surface area contributed by atoms with Gasteiger partial charge in [-0.2, -0.15) is 13.5 Å². The highest BCUT2D eigenvalue weighted by Gasteiger charge is 2.10. The molecule has 1 heterocycles. The molecule has 0 bridgehead atoms. The number of nitrogens with zero attached hydrogens (tertiary/aromatic N) is 3. The normalized spacial score (nSPS) is 11.7. The number of hydrogen-bond donors (Lipinski definition) is 6. The Morgan fingerprint density at radius 1 is 1.05 bits per heavy atom. The van der Waals surface area contributed by atoms with Crippen LogP contribution in [0.3, 0.4) is 0 Å². The van der Waals surface area contributed by atoms with Crippen LogP contribution in [0, 0.1) is 17.7 Å². The third-order valence-corrected chi connectivity index (χ3v) is 4.11. The number of aryl methyl sites for hydroxylation is 1. The average Bonchev–Trinajstić information content (AvgIpc) is 3.22. The van der Waals surface area contributed by atoms with Crippen LogP contribution in [0.5, 0.6) is 0 Å². The van der Waals surface area contributed by atoms with E-state index in [9.17, 15) is 22.8 Å². The van der Waals surface area contributed by atoms with E-state index in [2.05, 4.69) is 25.6 Å². The minimum Gasteiger partial charge on any atom is -0.482 e. The van der Waals surface area contributed by atoms with Gasteiger partial charge in [-0.15, -0.1) is 12.4 Å². The first kappa shape index (κ1) is 47.2. The van der Waals surface area contributed by atoms with Gasteiger partial charge in [0.25, 0.3) is 10.1 Å². The van der Waals surface area contributed by atoms with Gasteiger partial charge in [-0.3, -0.25) is 35.6 Å². The Morgan fingerprint density at radius 3 is 1.65 bits per heavy atom. The third kappa shape index (κ3) is 39.9. The van der Waals surface area contributed by atoms with Crippen LogP contribution >= 0.6 is 12.4 Å². The summed E-state index contributed by atoms with van der Waals surface area (Å²) in [6.07, 6.45) is 2.29. The largest absolute Gasteiger partial charge is 0.482 e. The SMILES string of the molecule is CC(=N)CN[C@@H](C)C(C)=O.CC(=O)[C@H](C)NN.CC(=O)[C@H](C)n1cnc(C)n1.CCOC(C)=N.CS(=O)(=O)O.Cl. The zero-order valence-corrected chi connectivity index (χ0v) is 27.0. The number of nitrogens with two attached hydrogens (primary N) is 1.